The van der Waals surface area contributed by atoms with Crippen LogP contribution in [-0.2, 0) is 0 Å². The van der Waals surface area contributed by atoms with Gasteiger partial charge in [0.2, 0.25) is 5.82 Å². The molecule has 1 N–H and O–H groups in total. The molecule has 1 heterocycles. The van der Waals surface area contributed by atoms with Crippen LogP contribution >= 0.6 is 15.9 Å². The summed E-state index contributed by atoms with van der Waals surface area (Å²) < 4.78 is 2.72. The molecule has 1 amide bonds. The Morgan fingerprint density at radius 3 is 2.16 bits per heavy atom. The van der Waals surface area contributed by atoms with E-state index in [-0.39, 0.29) is 11.7 Å². The molecule has 0 aliphatic rings. The van der Waals surface area contributed by atoms with Gasteiger partial charge < -0.3 is 5.32 Å². The molecular weight excluding hydrogens is 452 g/mol. The van der Waals surface area contributed by atoms with Gasteiger partial charge in [-0.25, -0.2) is 9.67 Å². The summed E-state index contributed by atoms with van der Waals surface area (Å²) in [7, 11) is 0. The van der Waals surface area contributed by atoms with Crippen molar-refractivity contribution in [3.05, 3.63) is 93.2 Å². The van der Waals surface area contributed by atoms with Crippen molar-refractivity contribution in [3.8, 4) is 17.1 Å². The number of amides is 1. The molecule has 0 aliphatic heterocycles. The highest BCUT2D eigenvalue weighted by molar-refractivity contribution is 9.10. The minimum Gasteiger partial charge on any atom is -0.319 e. The number of anilines is 1. The Balaban J connectivity index is 1.79. The Bertz CT molecular complexity index is 1280. The summed E-state index contributed by atoms with van der Waals surface area (Å²) in [6.07, 6.45) is 0. The third-order valence-corrected chi connectivity index (χ3v) is 5.65. The summed E-state index contributed by atoms with van der Waals surface area (Å²) >= 11 is 3.47. The van der Waals surface area contributed by atoms with Crippen molar-refractivity contribution < 1.29 is 4.79 Å². The average molecular weight is 475 g/mol. The van der Waals surface area contributed by atoms with E-state index in [1.807, 2.05) is 75.4 Å². The predicted molar refractivity (Wildman–Crippen MR) is 128 cm³/mol. The van der Waals surface area contributed by atoms with Crippen LogP contribution in [0.3, 0.4) is 0 Å². The Morgan fingerprint density at radius 2 is 1.52 bits per heavy atom. The number of nitrogens with zero attached hydrogens (tertiary/aromatic N) is 3. The lowest BCUT2D eigenvalue weighted by Crippen LogP contribution is -2.15. The summed E-state index contributed by atoms with van der Waals surface area (Å²) in [4.78, 5) is 17.6. The molecule has 1 aromatic heterocycles. The van der Waals surface area contributed by atoms with E-state index in [4.69, 9.17) is 0 Å². The molecule has 0 atom stereocenters. The van der Waals surface area contributed by atoms with Crippen LogP contribution in [0.2, 0.25) is 0 Å². The first-order chi connectivity index (χ1) is 14.8. The van der Waals surface area contributed by atoms with Crippen LogP contribution < -0.4 is 5.32 Å². The van der Waals surface area contributed by atoms with Crippen LogP contribution in [0, 0.1) is 27.7 Å². The molecule has 5 nitrogen and oxygen atoms in total. The van der Waals surface area contributed by atoms with Gasteiger partial charge in [0.05, 0.1) is 5.69 Å². The number of hydrogen-bond donors (Lipinski definition) is 1. The van der Waals surface area contributed by atoms with Crippen molar-refractivity contribution in [2.45, 2.75) is 27.7 Å². The SMILES string of the molecule is Cc1ccc(NC(=O)c2nc(-c3ccc(Br)cc3)n(-c3ccc(C)cc3C)n2)c(C)c1. The van der Waals surface area contributed by atoms with Crippen molar-refractivity contribution in [2.24, 2.45) is 0 Å². The fourth-order valence-electron chi connectivity index (χ4n) is 3.54. The van der Waals surface area contributed by atoms with Crippen molar-refractivity contribution in [1.29, 1.82) is 0 Å². The van der Waals surface area contributed by atoms with Crippen molar-refractivity contribution in [1.82, 2.24) is 14.8 Å². The van der Waals surface area contributed by atoms with E-state index in [1.165, 1.54) is 5.56 Å². The molecule has 0 aliphatic carbocycles. The summed E-state index contributed by atoms with van der Waals surface area (Å²) in [5.74, 6) is 0.400. The van der Waals surface area contributed by atoms with Gasteiger partial charge in [0.1, 0.15) is 0 Å². The molecule has 0 bridgehead atoms. The standard InChI is InChI=1S/C25H23BrN4O/c1-15-5-11-21(17(3)13-15)27-25(31)23-28-24(19-7-9-20(26)10-8-19)30(29-23)22-12-6-16(2)14-18(22)4/h5-14H,1-4H3,(H,27,31). The van der Waals surface area contributed by atoms with E-state index in [0.29, 0.717) is 5.82 Å². The van der Waals surface area contributed by atoms with Crippen LogP contribution in [0.5, 0.6) is 0 Å². The van der Waals surface area contributed by atoms with Gasteiger partial charge in [-0.15, -0.1) is 5.10 Å². The lowest BCUT2D eigenvalue weighted by Gasteiger charge is -2.10. The number of carbonyl (C=O) groups excluding carboxylic acids is 1. The first-order valence-corrected chi connectivity index (χ1v) is 10.8. The fraction of sp³-hybridized carbons (Fsp3) is 0.160. The second-order valence-corrected chi connectivity index (χ2v) is 8.66. The second-order valence-electron chi connectivity index (χ2n) is 7.74. The third-order valence-electron chi connectivity index (χ3n) is 5.12. The average Bonchev–Trinajstić information content (AvgIpc) is 3.16. The molecule has 0 spiro atoms. The van der Waals surface area contributed by atoms with E-state index in [9.17, 15) is 4.79 Å². The van der Waals surface area contributed by atoms with E-state index in [1.54, 1.807) is 4.68 Å². The number of hydrogen-bond acceptors (Lipinski definition) is 3. The summed E-state index contributed by atoms with van der Waals surface area (Å²) in [6.45, 7) is 8.08. The number of benzene rings is 3. The highest BCUT2D eigenvalue weighted by Gasteiger charge is 2.20. The van der Waals surface area contributed by atoms with Crippen LogP contribution in [0.25, 0.3) is 17.1 Å². The molecule has 0 saturated heterocycles. The first-order valence-electron chi connectivity index (χ1n) is 10.0. The van der Waals surface area contributed by atoms with Crippen LogP contribution in [0.1, 0.15) is 32.9 Å². The van der Waals surface area contributed by atoms with Gasteiger partial charge >= 0.3 is 0 Å². The molecule has 6 heteroatoms. The molecule has 4 aromatic rings. The molecule has 156 valence electrons. The predicted octanol–water partition coefficient (Wildman–Crippen LogP) is 6.18. The second kappa shape index (κ2) is 8.47. The van der Waals surface area contributed by atoms with E-state index >= 15 is 0 Å². The number of rotatable bonds is 4. The van der Waals surface area contributed by atoms with Crippen molar-refractivity contribution in [3.63, 3.8) is 0 Å². The Morgan fingerprint density at radius 1 is 0.871 bits per heavy atom. The maximum absolute atomic E-state index is 13.0. The number of halogens is 1. The van der Waals surface area contributed by atoms with E-state index < -0.39 is 0 Å². The fourth-order valence-corrected chi connectivity index (χ4v) is 3.80. The number of aromatic nitrogens is 3. The zero-order chi connectivity index (χ0) is 22.1. The maximum atomic E-state index is 13.0. The molecule has 0 unspecified atom stereocenters. The first kappa shape index (κ1) is 21.0. The minimum atomic E-state index is -0.339. The lowest BCUT2D eigenvalue weighted by atomic mass is 10.1. The normalized spacial score (nSPS) is 10.9. The molecular formula is C25H23BrN4O. The van der Waals surface area contributed by atoms with Crippen LogP contribution in [0.4, 0.5) is 5.69 Å². The zero-order valence-corrected chi connectivity index (χ0v) is 19.5. The van der Waals surface area contributed by atoms with Gasteiger partial charge in [-0.2, -0.15) is 0 Å². The smallest absolute Gasteiger partial charge is 0.295 e. The lowest BCUT2D eigenvalue weighted by molar-refractivity contribution is 0.101. The highest BCUT2D eigenvalue weighted by Crippen LogP contribution is 2.26. The molecule has 3 aromatic carbocycles. The summed E-state index contributed by atoms with van der Waals surface area (Å²) in [6, 6.07) is 19.9. The molecule has 0 fully saturated rings. The number of nitrogens with one attached hydrogen (secondary N) is 1. The quantitative estimate of drug-likeness (QED) is 0.383. The molecule has 0 saturated carbocycles. The topological polar surface area (TPSA) is 59.8 Å². The van der Waals surface area contributed by atoms with Crippen molar-refractivity contribution >= 4 is 27.5 Å². The highest BCUT2D eigenvalue weighted by atomic mass is 79.9. The zero-order valence-electron chi connectivity index (χ0n) is 17.9. The van der Waals surface area contributed by atoms with Gasteiger partial charge in [0, 0.05) is 15.7 Å². The van der Waals surface area contributed by atoms with Crippen LogP contribution in [0.15, 0.2) is 65.1 Å². The Hall–Kier alpha value is -3.25. The van der Waals surface area contributed by atoms with Gasteiger partial charge in [0.25, 0.3) is 5.91 Å². The largest absolute Gasteiger partial charge is 0.319 e. The molecule has 4 rings (SSSR count). The van der Waals surface area contributed by atoms with Gasteiger partial charge in [0.15, 0.2) is 5.82 Å². The van der Waals surface area contributed by atoms with Crippen LogP contribution in [-0.4, -0.2) is 20.7 Å². The maximum Gasteiger partial charge on any atom is 0.295 e. The Labute approximate surface area is 190 Å². The summed E-state index contributed by atoms with van der Waals surface area (Å²) in [5.41, 5.74) is 6.89. The van der Waals surface area contributed by atoms with Gasteiger partial charge in [-0.1, -0.05) is 63.5 Å². The van der Waals surface area contributed by atoms with Crippen molar-refractivity contribution in [2.75, 3.05) is 5.32 Å². The third kappa shape index (κ3) is 4.44. The van der Waals surface area contributed by atoms with E-state index in [2.05, 4.69) is 44.3 Å². The Kier molecular flexibility index (Phi) is 5.74. The number of carbonyl (C=O) groups is 1. The minimum absolute atomic E-state index is 0.123. The number of aryl methyl sites for hydroxylation is 4. The van der Waals surface area contributed by atoms with Gasteiger partial charge in [-0.05, 0) is 63.1 Å². The molecule has 31 heavy (non-hydrogen) atoms. The molecule has 0 radical (unpaired) electrons. The van der Waals surface area contributed by atoms with E-state index in [0.717, 1.165) is 38.1 Å². The monoisotopic (exact) mass is 474 g/mol. The summed E-state index contributed by atoms with van der Waals surface area (Å²) in [5, 5.41) is 7.54. The van der Waals surface area contributed by atoms with Gasteiger partial charge in [-0.3, -0.25) is 4.79 Å².